The summed E-state index contributed by atoms with van der Waals surface area (Å²) in [7, 11) is 0. The molecule has 78 valence electrons. The van der Waals surface area contributed by atoms with Crippen LogP contribution in [0.3, 0.4) is 0 Å². The number of benzene rings is 1. The van der Waals surface area contributed by atoms with Crippen LogP contribution in [0.4, 0.5) is 0 Å². The lowest BCUT2D eigenvalue weighted by Crippen LogP contribution is -2.23. The van der Waals surface area contributed by atoms with Crippen molar-refractivity contribution in [2.75, 3.05) is 13.2 Å². The molecule has 0 spiro atoms. The molecule has 0 saturated carbocycles. The number of hydrogen-bond acceptors (Lipinski definition) is 3. The summed E-state index contributed by atoms with van der Waals surface area (Å²) in [4.78, 5) is 0. The van der Waals surface area contributed by atoms with E-state index in [2.05, 4.69) is 0 Å². The molecule has 0 fully saturated rings. The first-order valence-electron chi connectivity index (χ1n) is 4.31. The predicted molar refractivity (Wildman–Crippen MR) is 54.4 cm³/mol. The molecule has 1 aromatic carbocycles. The van der Waals surface area contributed by atoms with Gasteiger partial charge in [-0.3, -0.25) is 0 Å². The molecule has 1 atom stereocenters. The van der Waals surface area contributed by atoms with Gasteiger partial charge < -0.3 is 14.6 Å². The minimum atomic E-state index is -1.61. The van der Waals surface area contributed by atoms with Crippen LogP contribution in [0.5, 0.6) is 5.75 Å². The Morgan fingerprint density at radius 1 is 1.29 bits per heavy atom. The second-order valence-corrected chi connectivity index (χ2v) is 3.58. The molecule has 0 aliphatic rings. The van der Waals surface area contributed by atoms with Crippen molar-refractivity contribution >= 4 is 11.6 Å². The standard InChI is InChI=1S/C10H13ClO3/c1-10(11,12)14-8-7-13-9-5-3-2-4-6-9/h2-6,12H,7-8H2,1H3. The normalized spacial score (nSPS) is 14.8. The highest BCUT2D eigenvalue weighted by Crippen LogP contribution is 2.11. The average Bonchev–Trinajstić information content (AvgIpc) is 2.13. The second-order valence-electron chi connectivity index (χ2n) is 2.88. The minimum absolute atomic E-state index is 0.241. The summed E-state index contributed by atoms with van der Waals surface area (Å²) >= 11 is 5.39. The van der Waals surface area contributed by atoms with Gasteiger partial charge in [-0.2, -0.15) is 0 Å². The van der Waals surface area contributed by atoms with Gasteiger partial charge in [0.15, 0.2) is 0 Å². The Labute approximate surface area is 88.2 Å². The van der Waals surface area contributed by atoms with Crippen LogP contribution in [0.1, 0.15) is 6.92 Å². The van der Waals surface area contributed by atoms with Crippen molar-refractivity contribution in [3.05, 3.63) is 30.3 Å². The van der Waals surface area contributed by atoms with E-state index in [1.165, 1.54) is 6.92 Å². The average molecular weight is 217 g/mol. The number of aliphatic hydroxyl groups is 1. The third-order valence-corrected chi connectivity index (χ3v) is 1.57. The monoisotopic (exact) mass is 216 g/mol. The van der Waals surface area contributed by atoms with Crippen LogP contribution >= 0.6 is 11.6 Å². The number of para-hydroxylation sites is 1. The molecule has 1 unspecified atom stereocenters. The number of ether oxygens (including phenoxy) is 2. The summed E-state index contributed by atoms with van der Waals surface area (Å²) in [5, 5.41) is 7.39. The maximum absolute atomic E-state index is 9.00. The fraction of sp³-hybridized carbons (Fsp3) is 0.400. The molecule has 0 aliphatic carbocycles. The molecule has 14 heavy (non-hydrogen) atoms. The highest BCUT2D eigenvalue weighted by molar-refractivity contribution is 6.21. The van der Waals surface area contributed by atoms with Gasteiger partial charge in [0, 0.05) is 6.92 Å². The van der Waals surface area contributed by atoms with Crippen molar-refractivity contribution in [2.45, 2.75) is 12.2 Å². The zero-order valence-electron chi connectivity index (χ0n) is 7.94. The fourth-order valence-electron chi connectivity index (χ4n) is 0.904. The molecule has 0 radical (unpaired) electrons. The largest absolute Gasteiger partial charge is 0.491 e. The van der Waals surface area contributed by atoms with Crippen molar-refractivity contribution in [2.24, 2.45) is 0 Å². The van der Waals surface area contributed by atoms with E-state index in [4.69, 9.17) is 26.2 Å². The lowest BCUT2D eigenvalue weighted by atomic mass is 10.3. The summed E-state index contributed by atoms with van der Waals surface area (Å²) in [5.74, 6) is 0.769. The second kappa shape index (κ2) is 5.20. The summed E-state index contributed by atoms with van der Waals surface area (Å²) in [6.45, 7) is 1.95. The molecule has 4 heteroatoms. The van der Waals surface area contributed by atoms with E-state index >= 15 is 0 Å². The maximum Gasteiger partial charge on any atom is 0.242 e. The van der Waals surface area contributed by atoms with Crippen molar-refractivity contribution < 1.29 is 14.6 Å². The van der Waals surface area contributed by atoms with E-state index in [1.807, 2.05) is 30.3 Å². The van der Waals surface area contributed by atoms with Gasteiger partial charge in [0.25, 0.3) is 0 Å². The Hall–Kier alpha value is -0.770. The van der Waals surface area contributed by atoms with Crippen molar-refractivity contribution in [1.29, 1.82) is 0 Å². The number of rotatable bonds is 5. The van der Waals surface area contributed by atoms with Crippen LogP contribution in [-0.2, 0) is 4.74 Å². The Bertz CT molecular complexity index is 256. The molecule has 1 rings (SSSR count). The van der Waals surface area contributed by atoms with E-state index in [1.54, 1.807) is 0 Å². The lowest BCUT2D eigenvalue weighted by Gasteiger charge is -2.15. The van der Waals surface area contributed by atoms with Gasteiger partial charge in [-0.05, 0) is 12.1 Å². The Morgan fingerprint density at radius 2 is 1.93 bits per heavy atom. The van der Waals surface area contributed by atoms with E-state index in [0.29, 0.717) is 6.61 Å². The first-order valence-corrected chi connectivity index (χ1v) is 4.69. The van der Waals surface area contributed by atoms with Crippen LogP contribution < -0.4 is 4.74 Å². The Balaban J connectivity index is 2.17. The van der Waals surface area contributed by atoms with E-state index in [9.17, 15) is 0 Å². The molecule has 0 saturated heterocycles. The number of hydrogen-bond donors (Lipinski definition) is 1. The summed E-state index contributed by atoms with van der Waals surface area (Å²) < 4.78 is 10.2. The molecule has 0 bridgehead atoms. The maximum atomic E-state index is 9.00. The summed E-state index contributed by atoms with van der Waals surface area (Å²) in [5.41, 5.74) is 0. The van der Waals surface area contributed by atoms with Gasteiger partial charge in [-0.1, -0.05) is 29.8 Å². The van der Waals surface area contributed by atoms with E-state index < -0.39 is 5.25 Å². The number of halogens is 1. The van der Waals surface area contributed by atoms with Crippen LogP contribution in [0.25, 0.3) is 0 Å². The summed E-state index contributed by atoms with van der Waals surface area (Å²) in [6, 6.07) is 9.37. The van der Waals surface area contributed by atoms with Gasteiger partial charge >= 0.3 is 0 Å². The van der Waals surface area contributed by atoms with Crippen LogP contribution in [0, 0.1) is 0 Å². The Kier molecular flexibility index (Phi) is 4.20. The Morgan fingerprint density at radius 3 is 2.50 bits per heavy atom. The van der Waals surface area contributed by atoms with E-state index in [0.717, 1.165) is 5.75 Å². The number of alkyl halides is 1. The van der Waals surface area contributed by atoms with E-state index in [-0.39, 0.29) is 6.61 Å². The van der Waals surface area contributed by atoms with Gasteiger partial charge in [0.1, 0.15) is 12.4 Å². The zero-order valence-corrected chi connectivity index (χ0v) is 8.70. The van der Waals surface area contributed by atoms with Gasteiger partial charge in [-0.25, -0.2) is 0 Å². The van der Waals surface area contributed by atoms with Crippen LogP contribution in [0.2, 0.25) is 0 Å². The molecule has 0 aromatic heterocycles. The van der Waals surface area contributed by atoms with Gasteiger partial charge in [0.05, 0.1) is 6.61 Å². The topological polar surface area (TPSA) is 38.7 Å². The quantitative estimate of drug-likeness (QED) is 0.465. The summed E-state index contributed by atoms with van der Waals surface area (Å²) in [6.07, 6.45) is 0. The lowest BCUT2D eigenvalue weighted by molar-refractivity contribution is -0.128. The predicted octanol–water partition coefficient (Wildman–Crippen LogP) is 1.99. The van der Waals surface area contributed by atoms with Crippen LogP contribution in [0.15, 0.2) is 30.3 Å². The third kappa shape index (κ3) is 5.07. The molecule has 0 amide bonds. The molecular weight excluding hydrogens is 204 g/mol. The molecule has 1 N–H and O–H groups in total. The molecule has 0 heterocycles. The first kappa shape index (κ1) is 11.3. The molecule has 1 aromatic rings. The fourth-order valence-corrected chi connectivity index (χ4v) is 0.981. The third-order valence-electron chi connectivity index (χ3n) is 1.46. The first-order chi connectivity index (χ1) is 6.58. The highest BCUT2D eigenvalue weighted by Gasteiger charge is 2.14. The van der Waals surface area contributed by atoms with Gasteiger partial charge in [0.2, 0.25) is 5.25 Å². The van der Waals surface area contributed by atoms with Crippen molar-refractivity contribution in [3.63, 3.8) is 0 Å². The van der Waals surface area contributed by atoms with Crippen molar-refractivity contribution in [1.82, 2.24) is 0 Å². The zero-order chi connectivity index (χ0) is 10.4. The SMILES string of the molecule is CC(O)(Cl)OCCOc1ccccc1. The minimum Gasteiger partial charge on any atom is -0.491 e. The smallest absolute Gasteiger partial charge is 0.242 e. The van der Waals surface area contributed by atoms with Crippen LogP contribution in [-0.4, -0.2) is 23.6 Å². The highest BCUT2D eigenvalue weighted by atomic mass is 35.5. The molecule has 3 nitrogen and oxygen atoms in total. The van der Waals surface area contributed by atoms with Gasteiger partial charge in [-0.15, -0.1) is 0 Å². The van der Waals surface area contributed by atoms with Crippen molar-refractivity contribution in [3.8, 4) is 5.75 Å². The molecular formula is C10H13ClO3. The molecule has 0 aliphatic heterocycles.